The number of anilines is 1. The average molecular weight is 381 g/mol. The third kappa shape index (κ3) is 4.43. The van der Waals surface area contributed by atoms with E-state index in [4.69, 9.17) is 11.1 Å². The first kappa shape index (κ1) is 19.3. The van der Waals surface area contributed by atoms with Crippen LogP contribution in [-0.4, -0.2) is 38.8 Å². The van der Waals surface area contributed by atoms with Gasteiger partial charge in [-0.25, -0.2) is 0 Å². The smallest absolute Gasteiger partial charge is 0.270 e. The molecule has 2 aromatic heterocycles. The minimum atomic E-state index is -0.366. The van der Waals surface area contributed by atoms with Crippen molar-refractivity contribution in [3.8, 4) is 0 Å². The summed E-state index contributed by atoms with van der Waals surface area (Å²) in [6, 6.07) is 5.29. The number of carbonyl (C=O) groups excluding carboxylic acids is 2. The first-order valence-corrected chi connectivity index (χ1v) is 8.96. The van der Waals surface area contributed by atoms with E-state index in [1.807, 2.05) is 0 Å². The molecule has 5 N–H and O–H groups in total. The summed E-state index contributed by atoms with van der Waals surface area (Å²) < 4.78 is 1.70. The zero-order valence-corrected chi connectivity index (χ0v) is 15.8. The minimum Gasteiger partial charge on any atom is -0.402 e. The number of nitrogens with two attached hydrogens (primary N) is 1. The highest BCUT2D eigenvalue weighted by atomic mass is 16.2. The molecule has 9 nitrogen and oxygen atoms in total. The Morgan fingerprint density at radius 1 is 1.29 bits per heavy atom. The molecular weight excluding hydrogens is 358 g/mol. The summed E-state index contributed by atoms with van der Waals surface area (Å²) in [6.45, 7) is 3.19. The van der Waals surface area contributed by atoms with Crippen LogP contribution in [0.3, 0.4) is 0 Å². The van der Waals surface area contributed by atoms with Gasteiger partial charge < -0.3 is 21.8 Å². The van der Waals surface area contributed by atoms with Gasteiger partial charge in [0, 0.05) is 23.2 Å². The van der Waals surface area contributed by atoms with Crippen molar-refractivity contribution in [2.24, 2.45) is 5.73 Å². The second kappa shape index (κ2) is 8.03. The van der Waals surface area contributed by atoms with Gasteiger partial charge in [0.2, 0.25) is 5.91 Å². The molecule has 0 aromatic carbocycles. The van der Waals surface area contributed by atoms with Crippen LogP contribution in [0.25, 0.3) is 5.57 Å². The van der Waals surface area contributed by atoms with E-state index in [2.05, 4.69) is 20.7 Å². The lowest BCUT2D eigenvalue weighted by Gasteiger charge is -2.10. The van der Waals surface area contributed by atoms with E-state index in [1.165, 1.54) is 6.20 Å². The van der Waals surface area contributed by atoms with Gasteiger partial charge in [0.25, 0.3) is 5.91 Å². The van der Waals surface area contributed by atoms with Crippen molar-refractivity contribution < 1.29 is 9.59 Å². The van der Waals surface area contributed by atoms with Crippen LogP contribution in [0.2, 0.25) is 0 Å². The van der Waals surface area contributed by atoms with Gasteiger partial charge in [-0.3, -0.25) is 19.3 Å². The highest BCUT2D eigenvalue weighted by molar-refractivity contribution is 6.21. The Labute approximate surface area is 162 Å². The Morgan fingerprint density at radius 2 is 2.04 bits per heavy atom. The highest BCUT2D eigenvalue weighted by Crippen LogP contribution is 2.34. The van der Waals surface area contributed by atoms with Gasteiger partial charge in [-0.2, -0.15) is 5.10 Å². The van der Waals surface area contributed by atoms with Gasteiger partial charge in [0.1, 0.15) is 5.69 Å². The molecule has 0 atom stereocenters. The van der Waals surface area contributed by atoms with Crippen molar-refractivity contribution in [2.45, 2.75) is 32.7 Å². The molecule has 2 aromatic rings. The number of hydrogen-bond acceptors (Lipinski definition) is 6. The van der Waals surface area contributed by atoms with E-state index in [1.54, 1.807) is 42.9 Å². The van der Waals surface area contributed by atoms with Gasteiger partial charge in [-0.1, -0.05) is 0 Å². The fourth-order valence-electron chi connectivity index (χ4n) is 2.87. The highest BCUT2D eigenvalue weighted by Gasteiger charge is 2.28. The summed E-state index contributed by atoms with van der Waals surface area (Å²) in [4.78, 5) is 28.6. The molecule has 0 aliphatic heterocycles. The van der Waals surface area contributed by atoms with Crippen molar-refractivity contribution in [3.05, 3.63) is 47.7 Å². The number of pyridine rings is 1. The lowest BCUT2D eigenvalue weighted by molar-refractivity contribution is -0.115. The van der Waals surface area contributed by atoms with E-state index in [-0.39, 0.29) is 24.4 Å². The molecule has 2 amide bonds. The first-order valence-electron chi connectivity index (χ1n) is 8.96. The average Bonchev–Trinajstić information content (AvgIpc) is 3.37. The molecule has 2 heterocycles. The monoisotopic (exact) mass is 381 g/mol. The lowest BCUT2D eigenvalue weighted by atomic mass is 10.1. The van der Waals surface area contributed by atoms with Crippen LogP contribution in [0, 0.1) is 5.41 Å². The van der Waals surface area contributed by atoms with Crippen molar-refractivity contribution in [2.75, 3.05) is 11.9 Å². The van der Waals surface area contributed by atoms with E-state index >= 15 is 0 Å². The summed E-state index contributed by atoms with van der Waals surface area (Å²) in [5.74, 6) is -0.697. The van der Waals surface area contributed by atoms with Gasteiger partial charge in [0.15, 0.2) is 0 Å². The van der Waals surface area contributed by atoms with E-state index in [9.17, 15) is 9.59 Å². The van der Waals surface area contributed by atoms with Crippen LogP contribution < -0.4 is 16.4 Å². The Bertz CT molecular complexity index is 935. The summed E-state index contributed by atoms with van der Waals surface area (Å²) in [6.07, 6.45) is 5.11. The second-order valence-corrected chi connectivity index (χ2v) is 6.74. The van der Waals surface area contributed by atoms with E-state index in [0.29, 0.717) is 34.1 Å². The topological polar surface area (TPSA) is 139 Å². The van der Waals surface area contributed by atoms with Crippen LogP contribution in [-0.2, 0) is 4.79 Å². The predicted molar refractivity (Wildman–Crippen MR) is 106 cm³/mol. The maximum atomic E-state index is 12.3. The van der Waals surface area contributed by atoms with Gasteiger partial charge in [-0.05, 0) is 44.9 Å². The zero-order valence-electron chi connectivity index (χ0n) is 15.8. The summed E-state index contributed by atoms with van der Waals surface area (Å²) in [5, 5.41) is 17.2. The fourth-order valence-corrected chi connectivity index (χ4v) is 2.87. The summed E-state index contributed by atoms with van der Waals surface area (Å²) in [7, 11) is 0. The Hall–Kier alpha value is -3.49. The predicted octanol–water partition coefficient (Wildman–Crippen LogP) is 1.71. The minimum absolute atomic E-state index is 0.164. The number of amides is 2. The Balaban J connectivity index is 1.56. The van der Waals surface area contributed by atoms with Crippen LogP contribution in [0.4, 0.5) is 5.69 Å². The van der Waals surface area contributed by atoms with Crippen LogP contribution in [0.1, 0.15) is 48.9 Å². The zero-order chi connectivity index (χ0) is 20.3. The first-order chi connectivity index (χ1) is 13.4. The van der Waals surface area contributed by atoms with Crippen LogP contribution >= 0.6 is 0 Å². The molecule has 1 fully saturated rings. The van der Waals surface area contributed by atoms with Gasteiger partial charge >= 0.3 is 0 Å². The normalized spacial score (nSPS) is 14.2. The molecule has 1 saturated carbocycles. The number of rotatable bonds is 7. The molecule has 0 spiro atoms. The van der Waals surface area contributed by atoms with Crippen LogP contribution in [0.5, 0.6) is 0 Å². The van der Waals surface area contributed by atoms with Crippen molar-refractivity contribution >= 4 is 28.8 Å². The van der Waals surface area contributed by atoms with Crippen molar-refractivity contribution in [1.29, 1.82) is 5.41 Å². The molecule has 9 heteroatoms. The summed E-state index contributed by atoms with van der Waals surface area (Å²) >= 11 is 0. The SMILES string of the molecule is CC(=N)C(=C(C)N)c1ccc(NC(=O)CNC(=O)c2ccnn2C2CC2)cn1. The lowest BCUT2D eigenvalue weighted by Crippen LogP contribution is -2.34. The fraction of sp³-hybridized carbons (Fsp3) is 0.316. The number of hydrogen-bond donors (Lipinski definition) is 4. The molecular formula is C19H23N7O2. The maximum Gasteiger partial charge on any atom is 0.270 e. The molecule has 0 unspecified atom stereocenters. The second-order valence-electron chi connectivity index (χ2n) is 6.74. The molecule has 1 aliphatic carbocycles. The molecule has 0 saturated heterocycles. The molecule has 28 heavy (non-hydrogen) atoms. The quantitative estimate of drug-likeness (QED) is 0.541. The number of allylic oxidation sites excluding steroid dienone is 2. The van der Waals surface area contributed by atoms with E-state index < -0.39 is 0 Å². The molecule has 146 valence electrons. The third-order valence-corrected chi connectivity index (χ3v) is 4.28. The summed E-state index contributed by atoms with van der Waals surface area (Å²) in [5.41, 5.74) is 8.71. The molecule has 1 aliphatic rings. The van der Waals surface area contributed by atoms with Crippen molar-refractivity contribution in [1.82, 2.24) is 20.1 Å². The number of carbonyl (C=O) groups is 2. The Morgan fingerprint density at radius 3 is 2.61 bits per heavy atom. The number of aromatic nitrogens is 3. The standard InChI is InChI=1S/C19H23N7O2/c1-11(20)18(12(2)21)15-6-3-13(9-22-15)25-17(27)10-23-19(28)16-7-8-24-26(16)14-4-5-14/h3,6-9,14,20H,4-5,10,21H2,1-2H3,(H,23,28)(H,25,27). The molecule has 3 rings (SSSR count). The van der Waals surface area contributed by atoms with Gasteiger partial charge in [-0.15, -0.1) is 0 Å². The molecule has 0 bridgehead atoms. The van der Waals surface area contributed by atoms with Crippen LogP contribution in [0.15, 0.2) is 36.3 Å². The maximum absolute atomic E-state index is 12.3. The van der Waals surface area contributed by atoms with Gasteiger partial charge in [0.05, 0.1) is 30.2 Å². The molecule has 0 radical (unpaired) electrons. The Kier molecular flexibility index (Phi) is 5.53. The number of nitrogens with one attached hydrogen (secondary N) is 3. The largest absolute Gasteiger partial charge is 0.402 e. The van der Waals surface area contributed by atoms with Crippen molar-refractivity contribution in [3.63, 3.8) is 0 Å². The third-order valence-electron chi connectivity index (χ3n) is 4.28. The van der Waals surface area contributed by atoms with E-state index in [0.717, 1.165) is 12.8 Å². The number of nitrogens with zero attached hydrogens (tertiary/aromatic N) is 3.